The van der Waals surface area contributed by atoms with Gasteiger partial charge in [-0.25, -0.2) is 0 Å². The lowest BCUT2D eigenvalue weighted by Crippen LogP contribution is -1.91. The molecule has 2 rings (SSSR count). The predicted molar refractivity (Wildman–Crippen MR) is 80.0 cm³/mol. The second-order valence-corrected chi connectivity index (χ2v) is 5.42. The summed E-state index contributed by atoms with van der Waals surface area (Å²) in [4.78, 5) is 0. The summed E-state index contributed by atoms with van der Waals surface area (Å²) in [5.41, 5.74) is 1.90. The van der Waals surface area contributed by atoms with E-state index in [0.717, 1.165) is 11.1 Å². The molecule has 0 nitrogen and oxygen atoms in total. The zero-order chi connectivity index (χ0) is 13.1. The fraction of sp³-hybridized carbons (Fsp3) is 0.0714. The van der Waals surface area contributed by atoms with Crippen molar-refractivity contribution in [3.05, 3.63) is 74.0 Å². The highest BCUT2D eigenvalue weighted by Gasteiger charge is 2.07. The Morgan fingerprint density at radius 2 is 1.67 bits per heavy atom. The molecule has 0 aliphatic carbocycles. The minimum Gasteiger partial charge on any atom is -0.0843 e. The predicted octanol–water partition coefficient (Wildman–Crippen LogP) is 6.10. The molecule has 0 amide bonds. The van der Waals surface area contributed by atoms with Crippen molar-refractivity contribution in [3.63, 3.8) is 0 Å². The Bertz CT molecular complexity index is 564. The van der Waals surface area contributed by atoms with Crippen molar-refractivity contribution in [1.29, 1.82) is 0 Å². The highest BCUT2D eigenvalue weighted by Crippen LogP contribution is 2.28. The van der Waals surface area contributed by atoms with E-state index < -0.39 is 0 Å². The van der Waals surface area contributed by atoms with E-state index in [2.05, 4.69) is 0 Å². The Kier molecular flexibility index (Phi) is 4.80. The zero-order valence-electron chi connectivity index (χ0n) is 9.26. The molecule has 0 aliphatic rings. The lowest BCUT2D eigenvalue weighted by atomic mass is 10.0. The van der Waals surface area contributed by atoms with Crippen LogP contribution in [0, 0.1) is 6.42 Å². The molecule has 0 aromatic heterocycles. The van der Waals surface area contributed by atoms with Crippen molar-refractivity contribution in [2.45, 2.75) is 6.42 Å². The Labute approximate surface area is 126 Å². The molecule has 0 heterocycles. The number of hydrogen-bond acceptors (Lipinski definition) is 0. The smallest absolute Gasteiger partial charge is 0.0624 e. The van der Waals surface area contributed by atoms with Gasteiger partial charge in [-0.1, -0.05) is 64.6 Å². The molecule has 4 heteroatoms. The van der Waals surface area contributed by atoms with E-state index in [9.17, 15) is 0 Å². The molecule has 0 saturated carbocycles. The van der Waals surface area contributed by atoms with Crippen LogP contribution in [0.25, 0.3) is 0 Å². The molecule has 0 spiro atoms. The standard InChI is InChI=1S/C14H9Cl4/c15-11-7-6-9(13(17)8-11)4-5-10-2-1-3-12(16)14(10)18/h1-4,6-8H,5H2. The molecule has 0 atom stereocenters. The molecular formula is C14H9Cl4. The first kappa shape index (κ1) is 14.0. The maximum Gasteiger partial charge on any atom is 0.0624 e. The Balaban J connectivity index is 2.14. The summed E-state index contributed by atoms with van der Waals surface area (Å²) in [5.74, 6) is 0. The van der Waals surface area contributed by atoms with Crippen LogP contribution in [0.4, 0.5) is 0 Å². The van der Waals surface area contributed by atoms with Crippen LogP contribution in [-0.4, -0.2) is 0 Å². The number of hydrogen-bond donors (Lipinski definition) is 0. The quantitative estimate of drug-likeness (QED) is 0.641. The van der Waals surface area contributed by atoms with Crippen molar-refractivity contribution >= 4 is 46.4 Å². The van der Waals surface area contributed by atoms with Gasteiger partial charge in [0.1, 0.15) is 0 Å². The van der Waals surface area contributed by atoms with Gasteiger partial charge in [0.25, 0.3) is 0 Å². The van der Waals surface area contributed by atoms with E-state index in [1.165, 1.54) is 0 Å². The lowest BCUT2D eigenvalue weighted by Gasteiger charge is -2.07. The normalized spacial score (nSPS) is 10.7. The third-order valence-electron chi connectivity index (χ3n) is 2.54. The van der Waals surface area contributed by atoms with E-state index in [-0.39, 0.29) is 0 Å². The van der Waals surface area contributed by atoms with E-state index in [0.29, 0.717) is 26.5 Å². The minimum atomic E-state index is 0.560. The van der Waals surface area contributed by atoms with Crippen molar-refractivity contribution < 1.29 is 0 Å². The molecule has 0 bridgehead atoms. The van der Waals surface area contributed by atoms with E-state index in [1.54, 1.807) is 18.2 Å². The van der Waals surface area contributed by atoms with Gasteiger partial charge < -0.3 is 0 Å². The van der Waals surface area contributed by atoms with Crippen LogP contribution in [-0.2, 0) is 6.42 Å². The molecule has 0 saturated heterocycles. The van der Waals surface area contributed by atoms with Gasteiger partial charge in [0.05, 0.1) is 10.0 Å². The second-order valence-electron chi connectivity index (χ2n) is 3.79. The molecule has 18 heavy (non-hydrogen) atoms. The molecule has 0 fully saturated rings. The number of halogens is 4. The third-order valence-corrected chi connectivity index (χ3v) is 3.96. The SMILES string of the molecule is Clc1ccc([CH]Cc2cccc(Cl)c2Cl)c(Cl)c1. The van der Waals surface area contributed by atoms with E-state index in [1.807, 2.05) is 24.6 Å². The maximum absolute atomic E-state index is 6.12. The molecule has 0 N–H and O–H groups in total. The summed E-state index contributed by atoms with van der Waals surface area (Å²) in [6, 6.07) is 11.0. The Morgan fingerprint density at radius 1 is 0.889 bits per heavy atom. The lowest BCUT2D eigenvalue weighted by molar-refractivity contribution is 1.17. The van der Waals surface area contributed by atoms with Crippen LogP contribution in [0.1, 0.15) is 11.1 Å². The molecule has 0 aliphatic heterocycles. The summed E-state index contributed by atoms with van der Waals surface area (Å²) in [6.07, 6.45) is 2.66. The second kappa shape index (κ2) is 6.16. The van der Waals surface area contributed by atoms with Crippen LogP contribution < -0.4 is 0 Å². The summed E-state index contributed by atoms with van der Waals surface area (Å²) in [5, 5.41) is 2.39. The molecule has 0 unspecified atom stereocenters. The monoisotopic (exact) mass is 317 g/mol. The van der Waals surface area contributed by atoms with Gasteiger partial charge in [-0.15, -0.1) is 0 Å². The highest BCUT2D eigenvalue weighted by molar-refractivity contribution is 6.42. The van der Waals surface area contributed by atoms with Crippen molar-refractivity contribution in [2.24, 2.45) is 0 Å². The van der Waals surface area contributed by atoms with Crippen LogP contribution in [0.2, 0.25) is 20.1 Å². The number of rotatable bonds is 3. The van der Waals surface area contributed by atoms with Gasteiger partial charge in [-0.05, 0) is 42.2 Å². The zero-order valence-corrected chi connectivity index (χ0v) is 12.3. The first-order valence-electron chi connectivity index (χ1n) is 5.29. The first-order valence-corrected chi connectivity index (χ1v) is 6.80. The maximum atomic E-state index is 6.12. The minimum absolute atomic E-state index is 0.560. The Hall–Kier alpha value is -0.400. The fourth-order valence-corrected chi connectivity index (χ4v) is 2.48. The molecular weight excluding hydrogens is 310 g/mol. The van der Waals surface area contributed by atoms with Crippen LogP contribution >= 0.6 is 46.4 Å². The van der Waals surface area contributed by atoms with Gasteiger partial charge in [0.2, 0.25) is 0 Å². The summed E-state index contributed by atoms with van der Waals surface area (Å²) in [6.45, 7) is 0. The summed E-state index contributed by atoms with van der Waals surface area (Å²) < 4.78 is 0. The summed E-state index contributed by atoms with van der Waals surface area (Å²) >= 11 is 24.0. The highest BCUT2D eigenvalue weighted by atomic mass is 35.5. The summed E-state index contributed by atoms with van der Waals surface area (Å²) in [7, 11) is 0. The van der Waals surface area contributed by atoms with Crippen LogP contribution in [0.5, 0.6) is 0 Å². The van der Waals surface area contributed by atoms with E-state index in [4.69, 9.17) is 46.4 Å². The largest absolute Gasteiger partial charge is 0.0843 e. The van der Waals surface area contributed by atoms with Crippen molar-refractivity contribution in [1.82, 2.24) is 0 Å². The first-order chi connectivity index (χ1) is 8.58. The number of benzene rings is 2. The topological polar surface area (TPSA) is 0 Å². The third kappa shape index (κ3) is 3.33. The Morgan fingerprint density at radius 3 is 2.39 bits per heavy atom. The fourth-order valence-electron chi connectivity index (χ4n) is 1.59. The van der Waals surface area contributed by atoms with Crippen LogP contribution in [0.15, 0.2) is 36.4 Å². The average Bonchev–Trinajstić information content (AvgIpc) is 2.33. The van der Waals surface area contributed by atoms with Gasteiger partial charge in [0.15, 0.2) is 0 Å². The van der Waals surface area contributed by atoms with Crippen molar-refractivity contribution in [2.75, 3.05) is 0 Å². The molecule has 1 radical (unpaired) electrons. The van der Waals surface area contributed by atoms with Crippen molar-refractivity contribution in [3.8, 4) is 0 Å². The van der Waals surface area contributed by atoms with Gasteiger partial charge in [0, 0.05) is 10.0 Å². The van der Waals surface area contributed by atoms with Gasteiger partial charge in [-0.2, -0.15) is 0 Å². The average molecular weight is 319 g/mol. The van der Waals surface area contributed by atoms with Gasteiger partial charge >= 0.3 is 0 Å². The van der Waals surface area contributed by atoms with E-state index >= 15 is 0 Å². The van der Waals surface area contributed by atoms with Gasteiger partial charge in [-0.3, -0.25) is 0 Å². The van der Waals surface area contributed by atoms with Crippen LogP contribution in [0.3, 0.4) is 0 Å². The molecule has 93 valence electrons. The molecule has 2 aromatic rings. The molecule has 2 aromatic carbocycles.